The van der Waals surface area contributed by atoms with Crippen LogP contribution in [0.4, 0.5) is 5.13 Å². The first kappa shape index (κ1) is 13.3. The Morgan fingerprint density at radius 2 is 2.09 bits per heavy atom. The first-order chi connectivity index (χ1) is 10.7. The monoisotopic (exact) mass is 316 g/mol. The molecule has 1 aromatic carbocycles. The molecule has 4 rings (SSSR count). The number of thiazole rings is 1. The van der Waals surface area contributed by atoms with Gasteiger partial charge in [-0.3, -0.25) is 14.9 Å². The number of Topliss-reactive ketones (excluding diaryl/α,β-unsaturated/α-hetero) is 1. The number of anilines is 1. The molecule has 0 saturated heterocycles. The van der Waals surface area contributed by atoms with E-state index in [2.05, 4.69) is 10.3 Å². The average Bonchev–Trinajstić information content (AvgIpc) is 3.13. The lowest BCUT2D eigenvalue weighted by molar-refractivity contribution is 0.0975. The highest BCUT2D eigenvalue weighted by Gasteiger charge is 2.23. The fourth-order valence-electron chi connectivity index (χ4n) is 2.53. The Kier molecular flexibility index (Phi) is 3.07. The maximum absolute atomic E-state index is 12.3. The number of nitrogens with zero attached hydrogens (tertiary/aromatic N) is 1. The SMILES string of the molecule is O=C(Nc1nc2c(s1)C(=O)CCC2)c1ccc2c(c1)OCO2. The van der Waals surface area contributed by atoms with Crippen molar-refractivity contribution < 1.29 is 19.1 Å². The van der Waals surface area contributed by atoms with Gasteiger partial charge >= 0.3 is 0 Å². The molecule has 0 saturated carbocycles. The number of fused-ring (bicyclic) bond motifs is 2. The summed E-state index contributed by atoms with van der Waals surface area (Å²) in [6.07, 6.45) is 2.17. The van der Waals surface area contributed by atoms with E-state index in [-0.39, 0.29) is 18.5 Å². The third-order valence-electron chi connectivity index (χ3n) is 3.62. The third-order valence-corrected chi connectivity index (χ3v) is 4.68. The number of rotatable bonds is 2. The van der Waals surface area contributed by atoms with Crippen molar-refractivity contribution in [2.75, 3.05) is 12.1 Å². The highest BCUT2D eigenvalue weighted by molar-refractivity contribution is 7.17. The van der Waals surface area contributed by atoms with E-state index >= 15 is 0 Å². The molecule has 0 bridgehead atoms. The van der Waals surface area contributed by atoms with Crippen molar-refractivity contribution in [1.29, 1.82) is 0 Å². The van der Waals surface area contributed by atoms with E-state index in [4.69, 9.17) is 9.47 Å². The zero-order valence-electron chi connectivity index (χ0n) is 11.5. The Labute approximate surface area is 130 Å². The minimum Gasteiger partial charge on any atom is -0.454 e. The van der Waals surface area contributed by atoms with Crippen LogP contribution in [-0.2, 0) is 6.42 Å². The van der Waals surface area contributed by atoms with E-state index < -0.39 is 0 Å². The molecule has 1 N–H and O–H groups in total. The minimum absolute atomic E-state index is 0.113. The van der Waals surface area contributed by atoms with Gasteiger partial charge in [0.1, 0.15) is 0 Å². The van der Waals surface area contributed by atoms with Crippen LogP contribution >= 0.6 is 11.3 Å². The van der Waals surface area contributed by atoms with E-state index in [9.17, 15) is 9.59 Å². The van der Waals surface area contributed by atoms with E-state index in [0.29, 0.717) is 33.5 Å². The van der Waals surface area contributed by atoms with Gasteiger partial charge in [-0.1, -0.05) is 11.3 Å². The second kappa shape index (κ2) is 5.10. The van der Waals surface area contributed by atoms with Crippen LogP contribution in [0.3, 0.4) is 0 Å². The summed E-state index contributed by atoms with van der Waals surface area (Å²) in [6.45, 7) is 0.168. The van der Waals surface area contributed by atoms with Gasteiger partial charge in [-0.25, -0.2) is 4.98 Å². The molecule has 0 unspecified atom stereocenters. The lowest BCUT2D eigenvalue weighted by Crippen LogP contribution is -2.11. The predicted octanol–water partition coefficient (Wildman–Crippen LogP) is 2.64. The van der Waals surface area contributed by atoms with E-state index in [1.165, 1.54) is 11.3 Å². The number of carbonyl (C=O) groups excluding carboxylic acids is 2. The summed E-state index contributed by atoms with van der Waals surface area (Å²) >= 11 is 1.24. The second-order valence-electron chi connectivity index (χ2n) is 5.09. The number of aromatic nitrogens is 1. The Balaban J connectivity index is 1.56. The molecule has 0 spiro atoms. The molecule has 0 radical (unpaired) electrons. The number of hydrogen-bond donors (Lipinski definition) is 1. The van der Waals surface area contributed by atoms with E-state index in [1.54, 1.807) is 18.2 Å². The molecule has 0 atom stereocenters. The van der Waals surface area contributed by atoms with E-state index in [0.717, 1.165) is 18.5 Å². The van der Waals surface area contributed by atoms with Gasteiger partial charge in [0, 0.05) is 12.0 Å². The van der Waals surface area contributed by atoms with Gasteiger partial charge in [0.15, 0.2) is 22.4 Å². The van der Waals surface area contributed by atoms with Gasteiger partial charge in [-0.2, -0.15) is 0 Å². The Bertz CT molecular complexity index is 784. The predicted molar refractivity (Wildman–Crippen MR) is 79.9 cm³/mol. The topological polar surface area (TPSA) is 77.5 Å². The van der Waals surface area contributed by atoms with Gasteiger partial charge in [0.25, 0.3) is 5.91 Å². The van der Waals surface area contributed by atoms with Gasteiger partial charge in [-0.15, -0.1) is 0 Å². The standard InChI is InChI=1S/C15H12N2O4S/c18-10-3-1-2-9-13(10)22-15(16-9)17-14(19)8-4-5-11-12(6-8)21-7-20-11/h4-6H,1-3,7H2,(H,16,17,19). The van der Waals surface area contributed by atoms with Crippen LogP contribution in [0.2, 0.25) is 0 Å². The molecular weight excluding hydrogens is 304 g/mol. The summed E-state index contributed by atoms with van der Waals surface area (Å²) in [5.41, 5.74) is 1.26. The second-order valence-corrected chi connectivity index (χ2v) is 6.09. The highest BCUT2D eigenvalue weighted by atomic mass is 32.1. The summed E-state index contributed by atoms with van der Waals surface area (Å²) in [6, 6.07) is 5.01. The van der Waals surface area contributed by atoms with Crippen LogP contribution in [0.25, 0.3) is 0 Å². The number of ether oxygens (including phenoxy) is 2. The normalized spacial score (nSPS) is 15.5. The zero-order chi connectivity index (χ0) is 15.1. The van der Waals surface area contributed by atoms with Crippen molar-refractivity contribution in [3.05, 3.63) is 34.3 Å². The Morgan fingerprint density at radius 3 is 2.95 bits per heavy atom. The molecular formula is C15H12N2O4S. The number of carbonyl (C=O) groups is 2. The summed E-state index contributed by atoms with van der Waals surface area (Å²) in [4.78, 5) is 29.1. The van der Waals surface area contributed by atoms with Crippen molar-refractivity contribution in [1.82, 2.24) is 4.98 Å². The largest absolute Gasteiger partial charge is 0.454 e. The summed E-state index contributed by atoms with van der Waals surface area (Å²) in [5, 5.41) is 3.21. The lowest BCUT2D eigenvalue weighted by Gasteiger charge is -2.05. The molecule has 2 heterocycles. The van der Waals surface area contributed by atoms with Crippen LogP contribution in [-0.4, -0.2) is 23.5 Å². The molecule has 1 aliphatic carbocycles. The van der Waals surface area contributed by atoms with Crippen LogP contribution < -0.4 is 14.8 Å². The maximum Gasteiger partial charge on any atom is 0.257 e. The summed E-state index contributed by atoms with van der Waals surface area (Å²) in [5.74, 6) is 1.02. The fraction of sp³-hybridized carbons (Fsp3) is 0.267. The first-order valence-electron chi connectivity index (χ1n) is 6.94. The van der Waals surface area contributed by atoms with Crippen LogP contribution in [0.5, 0.6) is 11.5 Å². The minimum atomic E-state index is -0.281. The van der Waals surface area contributed by atoms with Crippen molar-refractivity contribution >= 4 is 28.2 Å². The average molecular weight is 316 g/mol. The van der Waals surface area contributed by atoms with Gasteiger partial charge in [-0.05, 0) is 31.0 Å². The number of benzene rings is 1. The molecule has 112 valence electrons. The van der Waals surface area contributed by atoms with Crippen molar-refractivity contribution in [3.8, 4) is 11.5 Å². The molecule has 7 heteroatoms. The molecule has 2 aromatic rings. The molecule has 2 aliphatic rings. The number of ketones is 1. The maximum atomic E-state index is 12.3. The quantitative estimate of drug-likeness (QED) is 0.921. The lowest BCUT2D eigenvalue weighted by atomic mass is 10.0. The fourth-order valence-corrected chi connectivity index (χ4v) is 3.50. The van der Waals surface area contributed by atoms with Crippen LogP contribution in [0.1, 0.15) is 38.6 Å². The molecule has 22 heavy (non-hydrogen) atoms. The summed E-state index contributed by atoms with van der Waals surface area (Å²) in [7, 11) is 0. The molecule has 6 nitrogen and oxygen atoms in total. The molecule has 1 aliphatic heterocycles. The first-order valence-corrected chi connectivity index (χ1v) is 7.76. The Hall–Kier alpha value is -2.41. The number of aryl methyl sites for hydroxylation is 1. The molecule has 0 fully saturated rings. The zero-order valence-corrected chi connectivity index (χ0v) is 12.4. The smallest absolute Gasteiger partial charge is 0.257 e. The molecule has 1 amide bonds. The number of nitrogens with one attached hydrogen (secondary N) is 1. The van der Waals surface area contributed by atoms with E-state index in [1.807, 2.05) is 0 Å². The third kappa shape index (κ3) is 2.23. The Morgan fingerprint density at radius 1 is 1.23 bits per heavy atom. The molecule has 1 aromatic heterocycles. The van der Waals surface area contributed by atoms with Crippen LogP contribution in [0.15, 0.2) is 18.2 Å². The number of hydrogen-bond acceptors (Lipinski definition) is 6. The van der Waals surface area contributed by atoms with Crippen molar-refractivity contribution in [3.63, 3.8) is 0 Å². The van der Waals surface area contributed by atoms with Gasteiger partial charge in [0.05, 0.1) is 10.6 Å². The van der Waals surface area contributed by atoms with Crippen LogP contribution in [0, 0.1) is 0 Å². The van der Waals surface area contributed by atoms with Gasteiger partial charge < -0.3 is 9.47 Å². The number of amides is 1. The van der Waals surface area contributed by atoms with Gasteiger partial charge in [0.2, 0.25) is 6.79 Å². The summed E-state index contributed by atoms with van der Waals surface area (Å²) < 4.78 is 10.5. The van der Waals surface area contributed by atoms with Crippen molar-refractivity contribution in [2.45, 2.75) is 19.3 Å². The van der Waals surface area contributed by atoms with Crippen molar-refractivity contribution in [2.24, 2.45) is 0 Å². The highest BCUT2D eigenvalue weighted by Crippen LogP contribution is 2.33.